The molecule has 0 amide bonds. The first-order valence-electron chi connectivity index (χ1n) is 8.05. The van der Waals surface area contributed by atoms with Crippen LogP contribution in [-0.2, 0) is 4.74 Å². The molecule has 0 unspecified atom stereocenters. The highest BCUT2D eigenvalue weighted by atomic mass is 35.5. The number of carbonyl (C=O) groups excluding carboxylic acids is 1. The third kappa shape index (κ3) is 4.18. The first kappa shape index (κ1) is 18.7. The van der Waals surface area contributed by atoms with Crippen molar-refractivity contribution in [3.05, 3.63) is 53.2 Å². The van der Waals surface area contributed by atoms with E-state index in [4.69, 9.17) is 21.6 Å². The Morgan fingerprint density at radius 3 is 2.70 bits per heavy atom. The molecule has 0 aliphatic carbocycles. The minimum atomic E-state index is -0.707. The van der Waals surface area contributed by atoms with E-state index in [-0.39, 0.29) is 16.2 Å². The Bertz CT molecular complexity index is 1080. The van der Waals surface area contributed by atoms with Crippen molar-refractivity contribution in [3.63, 3.8) is 0 Å². The highest BCUT2D eigenvalue weighted by Gasteiger charge is 2.21. The molecule has 8 heteroatoms. The second-order valence-corrected chi connectivity index (χ2v) is 7.25. The average Bonchev–Trinajstić information content (AvgIpc) is 2.89. The lowest BCUT2D eigenvalue weighted by Gasteiger charge is -2.19. The van der Waals surface area contributed by atoms with E-state index < -0.39 is 17.5 Å². The zero-order chi connectivity index (χ0) is 19.8. The molecule has 6 nitrogen and oxygen atoms in total. The number of fused-ring (bicyclic) bond motifs is 1. The lowest BCUT2D eigenvalue weighted by Crippen LogP contribution is -2.26. The van der Waals surface area contributed by atoms with Gasteiger partial charge in [0.2, 0.25) is 0 Å². The van der Waals surface area contributed by atoms with Crippen molar-refractivity contribution in [1.29, 1.82) is 5.26 Å². The number of carbonyl (C=O) groups is 1. The maximum Gasteiger partial charge on any atom is 0.419 e. The van der Waals surface area contributed by atoms with Gasteiger partial charge in [0.25, 0.3) is 0 Å². The second kappa shape index (κ2) is 6.89. The summed E-state index contributed by atoms with van der Waals surface area (Å²) < 4.78 is 20.7. The number of hydrogen-bond acceptors (Lipinski definition) is 5. The number of rotatable bonds is 2. The Morgan fingerprint density at radius 1 is 1.30 bits per heavy atom. The normalized spacial score (nSPS) is 11.3. The van der Waals surface area contributed by atoms with Crippen molar-refractivity contribution >= 4 is 40.0 Å². The summed E-state index contributed by atoms with van der Waals surface area (Å²) in [7, 11) is 0. The van der Waals surface area contributed by atoms with Crippen molar-refractivity contribution in [3.8, 4) is 6.07 Å². The summed E-state index contributed by atoms with van der Waals surface area (Å²) in [5.41, 5.74) is 0.932. The van der Waals surface area contributed by atoms with Gasteiger partial charge in [0.1, 0.15) is 28.3 Å². The van der Waals surface area contributed by atoms with Gasteiger partial charge in [-0.3, -0.25) is 0 Å². The van der Waals surface area contributed by atoms with Crippen LogP contribution in [0, 0.1) is 17.1 Å². The number of hydrogen-bond donors (Lipinski definition) is 1. The van der Waals surface area contributed by atoms with E-state index in [1.54, 1.807) is 45.0 Å². The molecule has 0 saturated heterocycles. The van der Waals surface area contributed by atoms with Crippen LogP contribution >= 0.6 is 11.6 Å². The van der Waals surface area contributed by atoms with Crippen LogP contribution in [0.4, 0.5) is 20.6 Å². The number of benzene rings is 1. The number of ether oxygens (including phenoxy) is 1. The highest BCUT2D eigenvalue weighted by molar-refractivity contribution is 6.29. The summed E-state index contributed by atoms with van der Waals surface area (Å²) in [6.07, 6.45) is 0.423. The SMILES string of the molecule is CC(C)(C)OC(=O)n1cc(F)c2ccc(Nc3cc(Cl)nc(C#N)c3)cc21. The molecule has 0 atom stereocenters. The molecule has 0 radical (unpaired) electrons. The summed E-state index contributed by atoms with van der Waals surface area (Å²) in [5.74, 6) is -0.527. The molecule has 1 N–H and O–H groups in total. The summed E-state index contributed by atoms with van der Waals surface area (Å²) in [6.45, 7) is 5.21. The van der Waals surface area contributed by atoms with E-state index in [0.29, 0.717) is 16.9 Å². The van der Waals surface area contributed by atoms with Gasteiger partial charge in [-0.05, 0) is 51.1 Å². The van der Waals surface area contributed by atoms with Gasteiger partial charge >= 0.3 is 6.09 Å². The number of nitrogens with zero attached hydrogens (tertiary/aromatic N) is 3. The van der Waals surface area contributed by atoms with Gasteiger partial charge in [-0.1, -0.05) is 11.6 Å². The molecule has 0 saturated carbocycles. The Labute approximate surface area is 160 Å². The van der Waals surface area contributed by atoms with E-state index in [9.17, 15) is 9.18 Å². The molecule has 2 heterocycles. The molecule has 0 aliphatic rings. The van der Waals surface area contributed by atoms with Crippen LogP contribution in [0.2, 0.25) is 5.15 Å². The summed E-state index contributed by atoms with van der Waals surface area (Å²) in [4.78, 5) is 16.2. The second-order valence-electron chi connectivity index (χ2n) is 6.86. The zero-order valence-electron chi connectivity index (χ0n) is 14.9. The highest BCUT2D eigenvalue weighted by Crippen LogP contribution is 2.27. The molecule has 27 heavy (non-hydrogen) atoms. The minimum Gasteiger partial charge on any atom is -0.443 e. The minimum absolute atomic E-state index is 0.161. The van der Waals surface area contributed by atoms with Gasteiger partial charge < -0.3 is 10.1 Å². The van der Waals surface area contributed by atoms with Crippen molar-refractivity contribution in [2.75, 3.05) is 5.32 Å². The number of halogens is 2. The number of anilines is 2. The van der Waals surface area contributed by atoms with Gasteiger partial charge in [0.15, 0.2) is 0 Å². The fourth-order valence-corrected chi connectivity index (χ4v) is 2.73. The van der Waals surface area contributed by atoms with Gasteiger partial charge in [0.05, 0.1) is 11.7 Å². The van der Waals surface area contributed by atoms with Crippen LogP contribution in [0.1, 0.15) is 26.5 Å². The van der Waals surface area contributed by atoms with E-state index in [1.807, 2.05) is 6.07 Å². The van der Waals surface area contributed by atoms with Crippen molar-refractivity contribution in [1.82, 2.24) is 9.55 Å². The Kier molecular flexibility index (Phi) is 4.77. The van der Waals surface area contributed by atoms with Gasteiger partial charge in [-0.25, -0.2) is 18.7 Å². The predicted octanol–water partition coefficient (Wildman–Crippen LogP) is 5.23. The van der Waals surface area contributed by atoms with E-state index >= 15 is 0 Å². The van der Waals surface area contributed by atoms with Crippen LogP contribution < -0.4 is 5.32 Å². The largest absolute Gasteiger partial charge is 0.443 e. The Balaban J connectivity index is 2.00. The number of pyridine rings is 1. The molecular formula is C19H16ClFN4O2. The molecule has 138 valence electrons. The molecule has 1 aromatic carbocycles. The molecule has 0 spiro atoms. The van der Waals surface area contributed by atoms with Crippen molar-refractivity contribution < 1.29 is 13.9 Å². The van der Waals surface area contributed by atoms with E-state index in [2.05, 4.69) is 10.3 Å². The molecule has 0 fully saturated rings. The molecule has 3 aromatic rings. The summed E-state index contributed by atoms with van der Waals surface area (Å²) in [6, 6.07) is 9.84. The standard InChI is InChI=1S/C19H16ClFN4O2/c1-19(2,3)27-18(26)25-10-15(21)14-5-4-11(7-16(14)25)23-12-6-13(9-22)24-17(20)8-12/h4-8,10H,1-3H3,(H,23,24). The smallest absolute Gasteiger partial charge is 0.419 e. The third-order valence-corrected chi connectivity index (χ3v) is 3.74. The van der Waals surface area contributed by atoms with Crippen molar-refractivity contribution in [2.24, 2.45) is 0 Å². The van der Waals surface area contributed by atoms with E-state index in [0.717, 1.165) is 10.8 Å². The topological polar surface area (TPSA) is 79.9 Å². The first-order chi connectivity index (χ1) is 12.7. The maximum absolute atomic E-state index is 14.2. The molecular weight excluding hydrogens is 371 g/mol. The van der Waals surface area contributed by atoms with Crippen LogP contribution in [0.15, 0.2) is 36.5 Å². The van der Waals surface area contributed by atoms with E-state index in [1.165, 1.54) is 6.07 Å². The zero-order valence-corrected chi connectivity index (χ0v) is 15.6. The van der Waals surface area contributed by atoms with Gasteiger partial charge in [0, 0.05) is 16.8 Å². The van der Waals surface area contributed by atoms with Crippen LogP contribution in [-0.4, -0.2) is 21.2 Å². The fourth-order valence-electron chi connectivity index (χ4n) is 2.52. The number of aromatic nitrogens is 2. The van der Waals surface area contributed by atoms with Crippen LogP contribution in [0.5, 0.6) is 0 Å². The van der Waals surface area contributed by atoms with Crippen LogP contribution in [0.25, 0.3) is 10.9 Å². The average molecular weight is 387 g/mol. The molecule has 2 aromatic heterocycles. The number of nitriles is 1. The Morgan fingerprint density at radius 2 is 2.04 bits per heavy atom. The molecule has 0 bridgehead atoms. The fraction of sp³-hybridized carbons (Fsp3) is 0.211. The Hall–Kier alpha value is -3.11. The first-order valence-corrected chi connectivity index (χ1v) is 8.43. The van der Waals surface area contributed by atoms with Gasteiger partial charge in [-0.2, -0.15) is 5.26 Å². The lowest BCUT2D eigenvalue weighted by molar-refractivity contribution is 0.0543. The number of nitrogens with one attached hydrogen (secondary N) is 1. The molecule has 3 rings (SSSR count). The molecule has 0 aliphatic heterocycles. The van der Waals surface area contributed by atoms with Crippen LogP contribution in [0.3, 0.4) is 0 Å². The summed E-state index contributed by atoms with van der Waals surface area (Å²) in [5, 5.41) is 12.5. The predicted molar refractivity (Wildman–Crippen MR) is 101 cm³/mol. The summed E-state index contributed by atoms with van der Waals surface area (Å²) >= 11 is 5.90. The van der Waals surface area contributed by atoms with Gasteiger partial charge in [-0.15, -0.1) is 0 Å². The third-order valence-electron chi connectivity index (χ3n) is 3.54. The van der Waals surface area contributed by atoms with Crippen molar-refractivity contribution in [2.45, 2.75) is 26.4 Å². The maximum atomic E-state index is 14.2. The quantitative estimate of drug-likeness (QED) is 0.610. The monoisotopic (exact) mass is 386 g/mol. The lowest BCUT2D eigenvalue weighted by atomic mass is 10.2.